The van der Waals surface area contributed by atoms with Crippen LogP contribution in [0.4, 0.5) is 10.5 Å². The summed E-state index contributed by atoms with van der Waals surface area (Å²) in [4.78, 5) is 29.3. The van der Waals surface area contributed by atoms with Crippen LogP contribution in [0.3, 0.4) is 0 Å². The number of rotatable bonds is 10. The van der Waals surface area contributed by atoms with Gasteiger partial charge >= 0.3 is 6.03 Å². The van der Waals surface area contributed by atoms with E-state index in [-0.39, 0.29) is 25.0 Å². The first-order valence-electron chi connectivity index (χ1n) is 10.2. The van der Waals surface area contributed by atoms with E-state index < -0.39 is 0 Å². The summed E-state index contributed by atoms with van der Waals surface area (Å²) < 4.78 is 11.5. The summed E-state index contributed by atoms with van der Waals surface area (Å²) in [5.41, 5.74) is 1.64. The standard InChI is InChI=1S/C24H26BrN3O4/c1-31-15-13-27(24(30)26-21-11-9-20(25)10-12-21)18-23(29)28(17-22-8-5-14-32-22)16-19-6-3-2-4-7-19/h2-12,14H,13,15-18H2,1H3,(H,26,30). The SMILES string of the molecule is COCCN(CC(=O)N(Cc1ccccc1)Cc1ccco1)C(=O)Nc1ccc(Br)cc1. The Labute approximate surface area is 196 Å². The van der Waals surface area contributed by atoms with Gasteiger partial charge in [0.25, 0.3) is 0 Å². The number of furan rings is 1. The van der Waals surface area contributed by atoms with Crippen LogP contribution in [0.2, 0.25) is 0 Å². The fraction of sp³-hybridized carbons (Fsp3) is 0.250. The van der Waals surface area contributed by atoms with E-state index in [1.54, 1.807) is 36.5 Å². The molecule has 0 fully saturated rings. The third kappa shape index (κ3) is 7.25. The van der Waals surface area contributed by atoms with Crippen LogP contribution in [-0.4, -0.2) is 48.5 Å². The summed E-state index contributed by atoms with van der Waals surface area (Å²) in [7, 11) is 1.56. The molecule has 0 atom stereocenters. The molecule has 1 aromatic heterocycles. The summed E-state index contributed by atoms with van der Waals surface area (Å²) in [6, 6.07) is 20.2. The van der Waals surface area contributed by atoms with Crippen LogP contribution in [0.25, 0.3) is 0 Å². The Morgan fingerprint density at radius 2 is 1.72 bits per heavy atom. The van der Waals surface area contributed by atoms with E-state index in [4.69, 9.17) is 9.15 Å². The van der Waals surface area contributed by atoms with Crippen molar-refractivity contribution in [3.63, 3.8) is 0 Å². The molecule has 0 aliphatic rings. The van der Waals surface area contributed by atoms with Gasteiger partial charge in [0.1, 0.15) is 12.3 Å². The number of anilines is 1. The number of amides is 3. The molecule has 1 heterocycles. The van der Waals surface area contributed by atoms with Crippen molar-refractivity contribution < 1.29 is 18.7 Å². The Morgan fingerprint density at radius 1 is 0.969 bits per heavy atom. The second-order valence-electron chi connectivity index (χ2n) is 7.17. The molecule has 168 valence electrons. The van der Waals surface area contributed by atoms with Crippen molar-refractivity contribution in [2.24, 2.45) is 0 Å². The number of hydrogen-bond acceptors (Lipinski definition) is 4. The molecule has 1 N–H and O–H groups in total. The van der Waals surface area contributed by atoms with Crippen LogP contribution in [0, 0.1) is 0 Å². The van der Waals surface area contributed by atoms with Crippen molar-refractivity contribution in [3.05, 3.63) is 88.8 Å². The zero-order valence-corrected chi connectivity index (χ0v) is 19.5. The van der Waals surface area contributed by atoms with E-state index in [9.17, 15) is 9.59 Å². The largest absolute Gasteiger partial charge is 0.467 e. The molecule has 3 aromatic rings. The van der Waals surface area contributed by atoms with Crippen LogP contribution in [0.15, 0.2) is 81.9 Å². The highest BCUT2D eigenvalue weighted by Crippen LogP contribution is 2.15. The zero-order chi connectivity index (χ0) is 22.8. The van der Waals surface area contributed by atoms with Crippen molar-refractivity contribution in [1.29, 1.82) is 0 Å². The molecule has 0 saturated carbocycles. The minimum atomic E-state index is -0.365. The van der Waals surface area contributed by atoms with E-state index >= 15 is 0 Å². The van der Waals surface area contributed by atoms with Gasteiger partial charge in [-0.3, -0.25) is 4.79 Å². The third-order valence-corrected chi connectivity index (χ3v) is 5.30. The van der Waals surface area contributed by atoms with E-state index in [1.807, 2.05) is 48.5 Å². The fourth-order valence-electron chi connectivity index (χ4n) is 3.08. The van der Waals surface area contributed by atoms with E-state index in [2.05, 4.69) is 21.2 Å². The van der Waals surface area contributed by atoms with Gasteiger partial charge in [-0.15, -0.1) is 0 Å². The minimum absolute atomic E-state index is 0.0841. The highest BCUT2D eigenvalue weighted by Gasteiger charge is 2.22. The van der Waals surface area contributed by atoms with Crippen molar-refractivity contribution in [2.75, 3.05) is 32.1 Å². The Kier molecular flexibility index (Phi) is 8.89. The molecule has 8 heteroatoms. The molecule has 0 spiro atoms. The molecule has 3 rings (SSSR count). The molecular weight excluding hydrogens is 474 g/mol. The quantitative estimate of drug-likeness (QED) is 0.436. The van der Waals surface area contributed by atoms with E-state index in [0.717, 1.165) is 10.0 Å². The van der Waals surface area contributed by atoms with Crippen LogP contribution >= 0.6 is 15.9 Å². The van der Waals surface area contributed by atoms with Crippen molar-refractivity contribution in [1.82, 2.24) is 9.80 Å². The number of ether oxygens (including phenoxy) is 1. The van der Waals surface area contributed by atoms with Gasteiger partial charge in [-0.1, -0.05) is 46.3 Å². The first kappa shape index (κ1) is 23.6. The van der Waals surface area contributed by atoms with Gasteiger partial charge in [0, 0.05) is 30.4 Å². The number of carbonyl (C=O) groups excluding carboxylic acids is 2. The first-order valence-corrected chi connectivity index (χ1v) is 11.0. The smallest absolute Gasteiger partial charge is 0.322 e. The molecule has 0 aliphatic heterocycles. The second kappa shape index (κ2) is 12.1. The molecule has 32 heavy (non-hydrogen) atoms. The Balaban J connectivity index is 1.72. The lowest BCUT2D eigenvalue weighted by atomic mass is 10.2. The number of halogens is 1. The number of nitrogens with one attached hydrogen (secondary N) is 1. The van der Waals surface area contributed by atoms with Gasteiger partial charge in [-0.05, 0) is 42.0 Å². The summed E-state index contributed by atoms with van der Waals surface area (Å²) >= 11 is 3.38. The summed E-state index contributed by atoms with van der Waals surface area (Å²) in [6.45, 7) is 1.24. The topological polar surface area (TPSA) is 75.0 Å². The highest BCUT2D eigenvalue weighted by atomic mass is 79.9. The summed E-state index contributed by atoms with van der Waals surface area (Å²) in [5, 5.41) is 2.84. The molecule has 0 bridgehead atoms. The Bertz CT molecular complexity index is 978. The molecule has 2 aromatic carbocycles. The number of hydrogen-bond donors (Lipinski definition) is 1. The number of urea groups is 1. The third-order valence-electron chi connectivity index (χ3n) is 4.77. The molecule has 0 radical (unpaired) electrons. The monoisotopic (exact) mass is 499 g/mol. The number of nitrogens with zero attached hydrogens (tertiary/aromatic N) is 2. The van der Waals surface area contributed by atoms with Crippen molar-refractivity contribution >= 4 is 33.6 Å². The predicted molar refractivity (Wildman–Crippen MR) is 126 cm³/mol. The Morgan fingerprint density at radius 3 is 2.38 bits per heavy atom. The van der Waals surface area contributed by atoms with Crippen molar-refractivity contribution in [3.8, 4) is 0 Å². The van der Waals surface area contributed by atoms with Gasteiger partial charge < -0.3 is 24.3 Å². The number of carbonyl (C=O) groups is 2. The summed E-state index contributed by atoms with van der Waals surface area (Å²) in [6.07, 6.45) is 1.58. The van der Waals surface area contributed by atoms with Gasteiger partial charge in [-0.25, -0.2) is 4.79 Å². The van der Waals surface area contributed by atoms with Crippen molar-refractivity contribution in [2.45, 2.75) is 13.1 Å². The summed E-state index contributed by atoms with van der Waals surface area (Å²) in [5.74, 6) is 0.490. The molecular formula is C24H26BrN3O4. The van der Waals surface area contributed by atoms with E-state index in [1.165, 1.54) is 4.90 Å². The average Bonchev–Trinajstić information content (AvgIpc) is 3.31. The van der Waals surface area contributed by atoms with Gasteiger partial charge in [0.05, 0.1) is 19.4 Å². The lowest BCUT2D eigenvalue weighted by Crippen LogP contribution is -2.45. The molecule has 7 nitrogen and oxygen atoms in total. The lowest BCUT2D eigenvalue weighted by molar-refractivity contribution is -0.133. The average molecular weight is 500 g/mol. The number of benzene rings is 2. The van der Waals surface area contributed by atoms with Crippen LogP contribution < -0.4 is 5.32 Å². The predicted octanol–water partition coefficient (Wildman–Crippen LogP) is 4.75. The minimum Gasteiger partial charge on any atom is -0.467 e. The van der Waals surface area contributed by atoms with E-state index in [0.29, 0.717) is 31.1 Å². The highest BCUT2D eigenvalue weighted by molar-refractivity contribution is 9.10. The maximum Gasteiger partial charge on any atom is 0.322 e. The fourth-order valence-corrected chi connectivity index (χ4v) is 3.34. The van der Waals surface area contributed by atoms with Crippen LogP contribution in [-0.2, 0) is 22.6 Å². The van der Waals surface area contributed by atoms with Gasteiger partial charge in [0.15, 0.2) is 0 Å². The zero-order valence-electron chi connectivity index (χ0n) is 17.9. The second-order valence-corrected chi connectivity index (χ2v) is 8.08. The van der Waals surface area contributed by atoms with Gasteiger partial charge in [-0.2, -0.15) is 0 Å². The maximum absolute atomic E-state index is 13.3. The van der Waals surface area contributed by atoms with Crippen LogP contribution in [0.5, 0.6) is 0 Å². The molecule has 0 aliphatic carbocycles. The molecule has 0 unspecified atom stereocenters. The van der Waals surface area contributed by atoms with Gasteiger partial charge in [0.2, 0.25) is 5.91 Å². The normalized spacial score (nSPS) is 10.6. The lowest BCUT2D eigenvalue weighted by Gasteiger charge is -2.27. The number of methoxy groups -OCH3 is 1. The molecule has 3 amide bonds. The van der Waals surface area contributed by atoms with Crippen LogP contribution in [0.1, 0.15) is 11.3 Å². The maximum atomic E-state index is 13.3. The first-order chi connectivity index (χ1) is 15.5. The Hall–Kier alpha value is -3.10. The molecule has 0 saturated heterocycles.